The number of carbonyl (C=O) groups excluding carboxylic acids is 1. The highest BCUT2D eigenvalue weighted by atomic mass is 19.1. The van der Waals surface area contributed by atoms with Crippen LogP contribution < -0.4 is 15.0 Å². The Hall–Kier alpha value is -3.36. The van der Waals surface area contributed by atoms with E-state index in [-0.39, 0.29) is 23.5 Å². The van der Waals surface area contributed by atoms with E-state index in [0.29, 0.717) is 49.8 Å². The van der Waals surface area contributed by atoms with Gasteiger partial charge in [0.2, 0.25) is 5.71 Å². The number of hydrogen-bond donors (Lipinski definition) is 1. The number of aryl methyl sites for hydroxylation is 2. The third kappa shape index (κ3) is 4.14. The molecule has 3 heterocycles. The van der Waals surface area contributed by atoms with Crippen LogP contribution in [0, 0.1) is 19.7 Å². The first-order valence-electron chi connectivity index (χ1n) is 9.92. The second-order valence-corrected chi connectivity index (χ2v) is 7.25. The third-order valence-corrected chi connectivity index (χ3v) is 4.92. The first-order valence-corrected chi connectivity index (χ1v) is 9.92. The smallest absolute Gasteiger partial charge is 0.323 e. The van der Waals surface area contributed by atoms with Crippen LogP contribution in [-0.2, 0) is 0 Å². The Balaban J connectivity index is 1.45. The largest absolute Gasteiger partial charge is 0.475 e. The Morgan fingerprint density at radius 1 is 1.17 bits per heavy atom. The number of nitrogens with one attached hydrogen (secondary N) is 1. The predicted octanol–water partition coefficient (Wildman–Crippen LogP) is 3.73. The van der Waals surface area contributed by atoms with Crippen molar-refractivity contribution in [1.82, 2.24) is 14.9 Å². The molecule has 0 spiro atoms. The molecular formula is C21H24FN5O3. The summed E-state index contributed by atoms with van der Waals surface area (Å²) in [5, 5.41) is 2.81. The van der Waals surface area contributed by atoms with Gasteiger partial charge in [0.1, 0.15) is 17.1 Å². The van der Waals surface area contributed by atoms with Crippen LogP contribution in [0.2, 0.25) is 0 Å². The fourth-order valence-electron chi connectivity index (χ4n) is 3.53. The molecule has 1 saturated heterocycles. The van der Waals surface area contributed by atoms with Crippen LogP contribution in [0.5, 0.6) is 5.88 Å². The molecule has 1 fully saturated rings. The van der Waals surface area contributed by atoms with Gasteiger partial charge in [-0.15, -0.1) is 0 Å². The lowest BCUT2D eigenvalue weighted by Crippen LogP contribution is -2.50. The molecule has 30 heavy (non-hydrogen) atoms. The number of hydrogen-bond acceptors (Lipinski definition) is 6. The van der Waals surface area contributed by atoms with Gasteiger partial charge >= 0.3 is 6.03 Å². The first kappa shape index (κ1) is 19.9. The Kier molecular flexibility index (Phi) is 5.43. The van der Waals surface area contributed by atoms with Crippen molar-refractivity contribution in [3.05, 3.63) is 41.4 Å². The van der Waals surface area contributed by atoms with Crippen molar-refractivity contribution in [2.45, 2.75) is 20.8 Å². The van der Waals surface area contributed by atoms with Gasteiger partial charge in [-0.3, -0.25) is 5.32 Å². The number of furan rings is 1. The molecule has 0 aliphatic carbocycles. The van der Waals surface area contributed by atoms with E-state index in [0.717, 1.165) is 11.3 Å². The maximum absolute atomic E-state index is 13.7. The summed E-state index contributed by atoms with van der Waals surface area (Å²) in [6.45, 7) is 8.12. The molecule has 1 N–H and O–H groups in total. The van der Waals surface area contributed by atoms with E-state index in [1.807, 2.05) is 26.8 Å². The first-order chi connectivity index (χ1) is 14.4. The van der Waals surface area contributed by atoms with E-state index < -0.39 is 0 Å². The topological polar surface area (TPSA) is 83.7 Å². The molecular weight excluding hydrogens is 389 g/mol. The Morgan fingerprint density at radius 3 is 2.63 bits per heavy atom. The molecule has 3 aromatic rings. The summed E-state index contributed by atoms with van der Waals surface area (Å²) in [6.07, 6.45) is 0. The number of fused-ring (bicyclic) bond motifs is 1. The molecule has 8 nitrogen and oxygen atoms in total. The highest BCUT2D eigenvalue weighted by Gasteiger charge is 2.24. The summed E-state index contributed by atoms with van der Waals surface area (Å²) in [4.78, 5) is 25.3. The number of amides is 2. The van der Waals surface area contributed by atoms with Gasteiger partial charge in [-0.05, 0) is 44.5 Å². The van der Waals surface area contributed by atoms with Gasteiger partial charge in [0, 0.05) is 37.9 Å². The highest BCUT2D eigenvalue weighted by molar-refractivity contribution is 5.91. The summed E-state index contributed by atoms with van der Waals surface area (Å²) in [5.41, 5.74) is 2.63. The number of aromatic nitrogens is 2. The van der Waals surface area contributed by atoms with Gasteiger partial charge in [0.25, 0.3) is 5.88 Å². The average molecular weight is 413 g/mol. The zero-order chi connectivity index (χ0) is 21.3. The van der Waals surface area contributed by atoms with Gasteiger partial charge < -0.3 is 19.0 Å². The summed E-state index contributed by atoms with van der Waals surface area (Å²) < 4.78 is 24.7. The quantitative estimate of drug-likeness (QED) is 0.702. The van der Waals surface area contributed by atoms with E-state index in [4.69, 9.17) is 9.15 Å². The van der Waals surface area contributed by atoms with Gasteiger partial charge in [0.15, 0.2) is 5.82 Å². The molecule has 2 aromatic heterocycles. The molecule has 0 unspecified atom stereocenters. The number of piperazine rings is 1. The predicted molar refractivity (Wildman–Crippen MR) is 112 cm³/mol. The van der Waals surface area contributed by atoms with Crippen LogP contribution in [0.15, 0.2) is 28.7 Å². The van der Waals surface area contributed by atoms with Crippen LogP contribution in [0.25, 0.3) is 11.2 Å². The zero-order valence-corrected chi connectivity index (χ0v) is 17.2. The fourth-order valence-corrected chi connectivity index (χ4v) is 3.53. The van der Waals surface area contributed by atoms with Crippen molar-refractivity contribution in [2.24, 2.45) is 0 Å². The summed E-state index contributed by atoms with van der Waals surface area (Å²) in [7, 11) is 0. The lowest BCUT2D eigenvalue weighted by molar-refractivity contribution is 0.208. The minimum atomic E-state index is -0.278. The minimum absolute atomic E-state index is 0.224. The number of rotatable bonds is 4. The monoisotopic (exact) mass is 413 g/mol. The lowest BCUT2D eigenvalue weighted by atomic mass is 10.2. The maximum Gasteiger partial charge on any atom is 0.323 e. The van der Waals surface area contributed by atoms with Gasteiger partial charge in [0.05, 0.1) is 6.61 Å². The van der Waals surface area contributed by atoms with E-state index in [2.05, 4.69) is 20.2 Å². The zero-order valence-electron chi connectivity index (χ0n) is 17.2. The van der Waals surface area contributed by atoms with Gasteiger partial charge in [-0.25, -0.2) is 14.2 Å². The maximum atomic E-state index is 13.7. The van der Waals surface area contributed by atoms with Crippen molar-refractivity contribution in [3.63, 3.8) is 0 Å². The highest BCUT2D eigenvalue weighted by Crippen LogP contribution is 2.26. The molecule has 1 aromatic carbocycles. The lowest BCUT2D eigenvalue weighted by Gasteiger charge is -2.36. The molecule has 0 radical (unpaired) electrons. The summed E-state index contributed by atoms with van der Waals surface area (Å²) >= 11 is 0. The molecule has 1 aliphatic heterocycles. The van der Waals surface area contributed by atoms with Crippen molar-refractivity contribution in [3.8, 4) is 5.88 Å². The average Bonchev–Trinajstić information content (AvgIpc) is 3.06. The SMILES string of the molecule is CCOc1nc2oc(C)cc2nc1NC(=O)N1CCN(c2cc(C)cc(F)c2)CC1. The van der Waals surface area contributed by atoms with Crippen molar-refractivity contribution >= 4 is 28.8 Å². The molecule has 9 heteroatoms. The Morgan fingerprint density at radius 2 is 1.93 bits per heavy atom. The van der Waals surface area contributed by atoms with Crippen molar-refractivity contribution < 1.29 is 18.3 Å². The number of ether oxygens (including phenoxy) is 1. The van der Waals surface area contributed by atoms with Crippen LogP contribution >= 0.6 is 0 Å². The van der Waals surface area contributed by atoms with Gasteiger partial charge in [-0.2, -0.15) is 4.98 Å². The number of carbonyl (C=O) groups is 1. The van der Waals surface area contributed by atoms with E-state index in [1.165, 1.54) is 12.1 Å². The van der Waals surface area contributed by atoms with Crippen molar-refractivity contribution in [2.75, 3.05) is 43.0 Å². The Labute approximate surface area is 173 Å². The fraction of sp³-hybridized carbons (Fsp3) is 0.381. The standard InChI is InChI=1S/C21H24FN5O3/c1-4-29-20-18(23-17-11-14(3)30-19(17)25-20)24-21(28)27-7-5-26(6-8-27)16-10-13(2)9-15(22)12-16/h9-12H,4-8H2,1-3H3,(H,23,24,28). The summed E-state index contributed by atoms with van der Waals surface area (Å²) in [5.74, 6) is 0.914. The minimum Gasteiger partial charge on any atom is -0.475 e. The van der Waals surface area contributed by atoms with Crippen LogP contribution in [-0.4, -0.2) is 53.7 Å². The number of urea groups is 1. The van der Waals surface area contributed by atoms with Crippen molar-refractivity contribution in [1.29, 1.82) is 0 Å². The normalized spacial score (nSPS) is 14.3. The molecule has 0 bridgehead atoms. The molecule has 1 aliphatic rings. The molecule has 2 amide bonds. The second kappa shape index (κ2) is 8.17. The number of anilines is 2. The van der Waals surface area contributed by atoms with E-state index in [9.17, 15) is 9.18 Å². The van der Waals surface area contributed by atoms with E-state index >= 15 is 0 Å². The second-order valence-electron chi connectivity index (χ2n) is 7.25. The van der Waals surface area contributed by atoms with Crippen LogP contribution in [0.1, 0.15) is 18.2 Å². The Bertz CT molecular complexity index is 1060. The number of benzene rings is 1. The molecule has 0 atom stereocenters. The third-order valence-electron chi connectivity index (χ3n) is 4.92. The summed E-state index contributed by atoms with van der Waals surface area (Å²) in [6, 6.07) is 6.45. The molecule has 4 rings (SSSR count). The molecule has 0 saturated carbocycles. The van der Waals surface area contributed by atoms with Gasteiger partial charge in [-0.1, -0.05) is 0 Å². The molecule has 158 valence electrons. The number of nitrogens with zero attached hydrogens (tertiary/aromatic N) is 4. The number of halogens is 1. The van der Waals surface area contributed by atoms with Crippen LogP contribution in [0.3, 0.4) is 0 Å². The van der Waals surface area contributed by atoms with Crippen LogP contribution in [0.4, 0.5) is 20.7 Å². The van der Waals surface area contributed by atoms with E-state index in [1.54, 1.807) is 11.0 Å².